The summed E-state index contributed by atoms with van der Waals surface area (Å²) in [6, 6.07) is 44.3. The molecule has 416 valence electrons. The number of alkyl halides is 6. The molecule has 7 aromatic carbocycles. The summed E-state index contributed by atoms with van der Waals surface area (Å²) in [6.45, 7) is 4.59. The van der Waals surface area contributed by atoms with Crippen molar-refractivity contribution < 1.29 is 74.1 Å². The van der Waals surface area contributed by atoms with Crippen LogP contribution in [0.25, 0.3) is 22.3 Å². The standard InChI is InChI=1S/C37H34F3NO7.C25H22F3NO3/c1-4-46-34(44)36(35(45)47-5-2,27-11-7-6-8-12-27)24-48-32(42)23-25-15-21-29(22-16-25)41(3)33(43)31-14-10-9-13-30(31)26-17-19-28(20-18-26)37(38,39)40;1-3-32-23(30)16-17-8-14-20(15-9-17)29(2)24(31)22-7-5-4-6-21(22)18-10-12-19(13-11-18)25(26,27)28/h6-22H,4-5,23-24H2,1-3H3;4-15H,3,16H2,1-2H3. The number of ether oxygens (including phenoxy) is 4. The number of anilines is 2. The minimum Gasteiger partial charge on any atom is -0.466 e. The number of carbonyl (C=O) groups is 6. The zero-order chi connectivity index (χ0) is 58.2. The van der Waals surface area contributed by atoms with Gasteiger partial charge in [-0.3, -0.25) is 28.8 Å². The van der Waals surface area contributed by atoms with E-state index in [-0.39, 0.29) is 49.1 Å². The Bertz CT molecular complexity index is 3240. The van der Waals surface area contributed by atoms with Crippen LogP contribution in [-0.2, 0) is 68.7 Å². The van der Waals surface area contributed by atoms with E-state index in [9.17, 15) is 55.1 Å². The molecule has 0 bridgehead atoms. The van der Waals surface area contributed by atoms with Gasteiger partial charge in [-0.2, -0.15) is 26.3 Å². The molecule has 0 heterocycles. The molecule has 0 saturated heterocycles. The Morgan fingerprint density at radius 3 is 1.11 bits per heavy atom. The lowest BCUT2D eigenvalue weighted by Crippen LogP contribution is -2.50. The van der Waals surface area contributed by atoms with Crippen LogP contribution in [0.2, 0.25) is 0 Å². The van der Waals surface area contributed by atoms with Crippen LogP contribution < -0.4 is 9.80 Å². The molecule has 12 nitrogen and oxygen atoms in total. The van der Waals surface area contributed by atoms with Gasteiger partial charge in [0.1, 0.15) is 6.61 Å². The first-order valence-corrected chi connectivity index (χ1v) is 25.1. The third-order valence-electron chi connectivity index (χ3n) is 12.6. The number of halogens is 6. The van der Waals surface area contributed by atoms with E-state index in [0.717, 1.165) is 29.8 Å². The monoisotopic (exact) mass is 1100 g/mol. The first-order chi connectivity index (χ1) is 38.1. The van der Waals surface area contributed by atoms with Gasteiger partial charge in [-0.1, -0.05) is 115 Å². The second-order valence-corrected chi connectivity index (χ2v) is 17.8. The van der Waals surface area contributed by atoms with Crippen LogP contribution in [0.3, 0.4) is 0 Å². The number of esters is 4. The minimum atomic E-state index is -4.48. The molecular formula is C62H56F6N2O10. The molecule has 80 heavy (non-hydrogen) atoms. The number of hydrogen-bond acceptors (Lipinski definition) is 10. The molecule has 0 aliphatic heterocycles. The third kappa shape index (κ3) is 14.9. The van der Waals surface area contributed by atoms with E-state index >= 15 is 0 Å². The first-order valence-electron chi connectivity index (χ1n) is 25.1. The Balaban J connectivity index is 0.000000280. The van der Waals surface area contributed by atoms with Crippen molar-refractivity contribution in [3.8, 4) is 22.3 Å². The van der Waals surface area contributed by atoms with Crippen LogP contribution in [0.5, 0.6) is 0 Å². The maximum atomic E-state index is 13.5. The molecule has 0 saturated carbocycles. The average molecular weight is 1100 g/mol. The highest BCUT2D eigenvalue weighted by atomic mass is 19.4. The quantitative estimate of drug-likeness (QED) is 0.0352. The van der Waals surface area contributed by atoms with Crippen molar-refractivity contribution in [3.05, 3.63) is 215 Å². The average Bonchev–Trinajstić information content (AvgIpc) is 3.47. The van der Waals surface area contributed by atoms with Crippen LogP contribution in [0.15, 0.2) is 176 Å². The number of rotatable bonds is 18. The summed E-state index contributed by atoms with van der Waals surface area (Å²) in [7, 11) is 3.18. The fourth-order valence-corrected chi connectivity index (χ4v) is 8.33. The normalized spacial score (nSPS) is 11.3. The smallest absolute Gasteiger partial charge is 0.416 e. The first kappa shape index (κ1) is 60.2. The fourth-order valence-electron chi connectivity index (χ4n) is 8.33. The van der Waals surface area contributed by atoms with Gasteiger partial charge in [-0.05, 0) is 120 Å². The van der Waals surface area contributed by atoms with Crippen LogP contribution in [-0.4, -0.2) is 76.2 Å². The zero-order valence-electron chi connectivity index (χ0n) is 44.2. The van der Waals surface area contributed by atoms with Gasteiger partial charge in [0.05, 0.1) is 43.8 Å². The van der Waals surface area contributed by atoms with Crippen LogP contribution in [0.1, 0.15) is 69.3 Å². The van der Waals surface area contributed by atoms with Gasteiger partial charge in [-0.25, -0.2) is 0 Å². The lowest BCUT2D eigenvalue weighted by molar-refractivity contribution is -0.170. The topological polar surface area (TPSA) is 146 Å². The number of hydrogen-bond donors (Lipinski definition) is 0. The molecule has 0 aliphatic rings. The van der Waals surface area contributed by atoms with Gasteiger partial charge < -0.3 is 28.7 Å². The van der Waals surface area contributed by atoms with E-state index in [4.69, 9.17) is 18.9 Å². The van der Waals surface area contributed by atoms with E-state index in [1.165, 1.54) is 34.1 Å². The number of nitrogens with zero attached hydrogens (tertiary/aromatic N) is 2. The van der Waals surface area contributed by atoms with Crippen molar-refractivity contribution in [1.82, 2.24) is 0 Å². The maximum Gasteiger partial charge on any atom is 0.416 e. The van der Waals surface area contributed by atoms with E-state index < -0.39 is 59.3 Å². The Hall–Kier alpha value is -9.06. The van der Waals surface area contributed by atoms with Crippen molar-refractivity contribution in [2.24, 2.45) is 0 Å². The summed E-state index contributed by atoms with van der Waals surface area (Å²) in [5, 5.41) is 0. The van der Waals surface area contributed by atoms with Crippen molar-refractivity contribution in [3.63, 3.8) is 0 Å². The van der Waals surface area contributed by atoms with Gasteiger partial charge in [0.15, 0.2) is 0 Å². The molecular weight excluding hydrogens is 1050 g/mol. The second-order valence-electron chi connectivity index (χ2n) is 17.8. The maximum absolute atomic E-state index is 13.5. The van der Waals surface area contributed by atoms with Crippen LogP contribution >= 0.6 is 0 Å². The highest BCUT2D eigenvalue weighted by Crippen LogP contribution is 2.35. The molecule has 0 radical (unpaired) electrons. The molecule has 0 N–H and O–H groups in total. The Kier molecular flexibility index (Phi) is 20.3. The molecule has 18 heteroatoms. The molecule has 7 rings (SSSR count). The van der Waals surface area contributed by atoms with Crippen LogP contribution in [0.4, 0.5) is 37.7 Å². The highest BCUT2D eigenvalue weighted by Gasteiger charge is 2.52. The third-order valence-corrected chi connectivity index (χ3v) is 12.6. The Labute approximate surface area is 458 Å². The second kappa shape index (κ2) is 27.0. The fraction of sp³-hybridized carbons (Fsp3) is 0.226. The molecule has 0 unspecified atom stereocenters. The van der Waals surface area contributed by atoms with Gasteiger partial charge in [0, 0.05) is 36.6 Å². The van der Waals surface area contributed by atoms with Crippen molar-refractivity contribution in [2.75, 3.05) is 50.3 Å². The molecule has 0 aromatic heterocycles. The number of benzene rings is 7. The highest BCUT2D eigenvalue weighted by molar-refractivity contribution is 6.11. The van der Waals surface area contributed by atoms with Crippen LogP contribution in [0, 0.1) is 0 Å². The predicted octanol–water partition coefficient (Wildman–Crippen LogP) is 12.6. The van der Waals surface area contributed by atoms with E-state index in [0.29, 0.717) is 51.4 Å². The van der Waals surface area contributed by atoms with Gasteiger partial charge >= 0.3 is 36.2 Å². The summed E-state index contributed by atoms with van der Waals surface area (Å²) in [5.74, 6) is -3.55. The molecule has 0 fully saturated rings. The summed E-state index contributed by atoms with van der Waals surface area (Å²) < 4.78 is 98.6. The summed E-state index contributed by atoms with van der Waals surface area (Å²) in [4.78, 5) is 80.5. The number of carbonyl (C=O) groups excluding carboxylic acids is 6. The van der Waals surface area contributed by atoms with Gasteiger partial charge in [-0.15, -0.1) is 0 Å². The summed E-state index contributed by atoms with van der Waals surface area (Å²) >= 11 is 0. The summed E-state index contributed by atoms with van der Waals surface area (Å²) in [6.07, 6.45) is -8.96. The SMILES string of the molecule is CCOC(=O)C(COC(=O)Cc1ccc(N(C)C(=O)c2ccccc2-c2ccc(C(F)(F)F)cc2)cc1)(C(=O)OCC)c1ccccc1.CCOC(=O)Cc1ccc(N(C)C(=O)c2ccccc2-c2ccc(C(F)(F)F)cc2)cc1. The molecule has 0 aliphatic carbocycles. The predicted molar refractivity (Wildman–Crippen MR) is 288 cm³/mol. The molecule has 0 spiro atoms. The van der Waals surface area contributed by atoms with E-state index in [2.05, 4.69) is 0 Å². The largest absolute Gasteiger partial charge is 0.466 e. The lowest BCUT2D eigenvalue weighted by Gasteiger charge is -2.29. The van der Waals surface area contributed by atoms with Crippen molar-refractivity contribution in [1.29, 1.82) is 0 Å². The van der Waals surface area contributed by atoms with Crippen molar-refractivity contribution in [2.45, 2.75) is 51.4 Å². The molecule has 7 aromatic rings. The lowest BCUT2D eigenvalue weighted by atomic mass is 9.81. The Morgan fingerprint density at radius 2 is 0.750 bits per heavy atom. The number of amides is 2. The Morgan fingerprint density at radius 1 is 0.400 bits per heavy atom. The van der Waals surface area contributed by atoms with E-state index in [1.807, 2.05) is 0 Å². The van der Waals surface area contributed by atoms with Gasteiger partial charge in [0.25, 0.3) is 11.8 Å². The van der Waals surface area contributed by atoms with Gasteiger partial charge in [0.2, 0.25) is 5.41 Å². The summed E-state index contributed by atoms with van der Waals surface area (Å²) in [5.41, 5.74) is 1.74. The molecule has 2 amide bonds. The molecule has 0 atom stereocenters. The minimum absolute atomic E-state index is 0.00922. The zero-order valence-corrected chi connectivity index (χ0v) is 44.2. The van der Waals surface area contributed by atoms with E-state index in [1.54, 1.807) is 162 Å². The van der Waals surface area contributed by atoms with Crippen molar-refractivity contribution >= 4 is 47.1 Å².